The maximum absolute atomic E-state index is 13.5. The normalized spacial score (nSPS) is 15.4. The molecule has 0 fully saturated rings. The second kappa shape index (κ2) is 28.2. The summed E-state index contributed by atoms with van der Waals surface area (Å²) in [5.74, 6) is -9.19. The largest absolute Gasteiger partial charge is 0.480 e. The number of nitrogens with one attached hydrogen (secondary N) is 7. The van der Waals surface area contributed by atoms with Gasteiger partial charge >= 0.3 is 5.97 Å². The number of nitrogens with zero attached hydrogens (tertiary/aromatic N) is 1. The van der Waals surface area contributed by atoms with Crippen molar-refractivity contribution in [3.8, 4) is 0 Å². The average Bonchev–Trinajstić information content (AvgIpc) is 3.22. The molecular weight excluding hydrogens is 847 g/mol. The fraction of sp³-hybridized carbons (Fsp3) is 0.615. The number of aliphatic carboxylic acids is 1. The number of carbonyl (C=O) groups is 8. The molecule has 24 heteroatoms. The fourth-order valence-corrected chi connectivity index (χ4v) is 5.99. The number of guanidine groups is 1. The molecule has 23 nitrogen and oxygen atoms in total. The molecule has 0 aliphatic rings. The Morgan fingerprint density at radius 3 is 1.59 bits per heavy atom. The third-order valence-electron chi connectivity index (χ3n) is 9.33. The zero-order chi connectivity index (χ0) is 48.0. The fourth-order valence-electron chi connectivity index (χ4n) is 5.73. The summed E-state index contributed by atoms with van der Waals surface area (Å²) >= 11 is 4.14. The van der Waals surface area contributed by atoms with E-state index in [2.05, 4.69) is 54.8 Å². The Kier molecular flexibility index (Phi) is 24.8. The first-order valence-electron chi connectivity index (χ1n) is 20.3. The van der Waals surface area contributed by atoms with Gasteiger partial charge in [0.25, 0.3) is 0 Å². The van der Waals surface area contributed by atoms with Gasteiger partial charge in [0.05, 0.1) is 19.3 Å². The van der Waals surface area contributed by atoms with Gasteiger partial charge in [0.2, 0.25) is 41.4 Å². The molecule has 0 bridgehead atoms. The second-order valence-corrected chi connectivity index (χ2v) is 15.9. The zero-order valence-corrected chi connectivity index (χ0v) is 37.0. The molecule has 7 amide bonds. The highest BCUT2D eigenvalue weighted by atomic mass is 32.1. The second-order valence-electron chi connectivity index (χ2n) is 15.5. The molecule has 0 saturated heterocycles. The van der Waals surface area contributed by atoms with Crippen molar-refractivity contribution in [2.45, 2.75) is 115 Å². The number of hydrogen-bond donors (Lipinski definition) is 15. The van der Waals surface area contributed by atoms with Gasteiger partial charge in [-0.1, -0.05) is 58.0 Å². The van der Waals surface area contributed by atoms with Gasteiger partial charge in [0.1, 0.15) is 48.3 Å². The van der Waals surface area contributed by atoms with Crippen molar-refractivity contribution in [3.05, 3.63) is 35.9 Å². The first-order chi connectivity index (χ1) is 29.6. The van der Waals surface area contributed by atoms with Crippen molar-refractivity contribution in [3.63, 3.8) is 0 Å². The van der Waals surface area contributed by atoms with Crippen LogP contribution >= 0.6 is 12.6 Å². The van der Waals surface area contributed by atoms with E-state index in [4.69, 9.17) is 17.2 Å². The van der Waals surface area contributed by atoms with E-state index in [-0.39, 0.29) is 49.9 Å². The van der Waals surface area contributed by atoms with Gasteiger partial charge in [-0.25, -0.2) is 4.79 Å². The number of thiol groups is 1. The van der Waals surface area contributed by atoms with Crippen molar-refractivity contribution < 1.29 is 58.8 Å². The number of carboxylic acids is 1. The molecule has 63 heavy (non-hydrogen) atoms. The smallest absolute Gasteiger partial charge is 0.326 e. The van der Waals surface area contributed by atoms with Gasteiger partial charge in [0.15, 0.2) is 5.96 Å². The third kappa shape index (κ3) is 20.0. The molecule has 0 radical (unpaired) electrons. The van der Waals surface area contributed by atoms with E-state index in [1.807, 2.05) is 0 Å². The number of benzene rings is 1. The molecule has 0 spiro atoms. The Hall–Kier alpha value is -5.56. The molecular formula is C39H65N11O12S. The summed E-state index contributed by atoms with van der Waals surface area (Å²) < 4.78 is 0. The van der Waals surface area contributed by atoms with Crippen LogP contribution in [0.3, 0.4) is 0 Å². The van der Waals surface area contributed by atoms with Crippen LogP contribution in [0.5, 0.6) is 0 Å². The van der Waals surface area contributed by atoms with E-state index >= 15 is 0 Å². The Balaban J connectivity index is 3.09. The molecule has 1 aromatic rings. The number of amides is 7. The summed E-state index contributed by atoms with van der Waals surface area (Å²) in [6, 6.07) is -2.87. The van der Waals surface area contributed by atoms with Crippen LogP contribution in [0.2, 0.25) is 0 Å². The first kappa shape index (κ1) is 55.5. The number of aliphatic hydroxyl groups excluding tert-OH is 3. The lowest BCUT2D eigenvalue weighted by atomic mass is 10.0. The minimum atomic E-state index is -1.65. The molecule has 0 aromatic heterocycles. The number of aliphatic hydroxyl groups is 3. The van der Waals surface area contributed by atoms with Gasteiger partial charge in [-0.3, -0.25) is 38.6 Å². The van der Waals surface area contributed by atoms with Crippen LogP contribution in [-0.4, -0.2) is 154 Å². The number of rotatable bonds is 28. The number of aliphatic imine (C=N–C) groups is 1. The molecule has 0 unspecified atom stereocenters. The van der Waals surface area contributed by atoms with Crippen molar-refractivity contribution >= 4 is 65.9 Å². The molecule has 17 N–H and O–H groups in total. The molecule has 0 heterocycles. The van der Waals surface area contributed by atoms with Crippen LogP contribution in [0.25, 0.3) is 0 Å². The summed E-state index contributed by atoms with van der Waals surface area (Å²) in [5.41, 5.74) is 17.0. The van der Waals surface area contributed by atoms with E-state index < -0.39 is 121 Å². The highest BCUT2D eigenvalue weighted by Crippen LogP contribution is 2.10. The highest BCUT2D eigenvalue weighted by Gasteiger charge is 2.35. The van der Waals surface area contributed by atoms with Gasteiger partial charge in [-0.05, 0) is 43.6 Å². The molecule has 354 valence electrons. The monoisotopic (exact) mass is 911 g/mol. The Morgan fingerprint density at radius 2 is 1.11 bits per heavy atom. The Morgan fingerprint density at radius 1 is 0.651 bits per heavy atom. The van der Waals surface area contributed by atoms with Crippen LogP contribution in [0.15, 0.2) is 35.3 Å². The molecule has 1 rings (SSSR count). The van der Waals surface area contributed by atoms with E-state index in [9.17, 15) is 58.8 Å². The summed E-state index contributed by atoms with van der Waals surface area (Å²) in [5, 5.41) is 56.4. The van der Waals surface area contributed by atoms with E-state index in [1.165, 1.54) is 6.92 Å². The number of carbonyl (C=O) groups excluding carboxylic acids is 7. The third-order valence-corrected chi connectivity index (χ3v) is 9.70. The molecule has 0 aliphatic carbocycles. The van der Waals surface area contributed by atoms with Crippen molar-refractivity contribution in [1.29, 1.82) is 0 Å². The molecule has 1 aromatic carbocycles. The predicted octanol–water partition coefficient (Wildman–Crippen LogP) is -4.91. The molecule has 0 saturated carbocycles. The minimum absolute atomic E-state index is 0.0382. The van der Waals surface area contributed by atoms with Crippen molar-refractivity contribution in [2.24, 2.45) is 34.0 Å². The van der Waals surface area contributed by atoms with Crippen molar-refractivity contribution in [1.82, 2.24) is 37.2 Å². The Labute approximate surface area is 371 Å². The van der Waals surface area contributed by atoms with Crippen LogP contribution in [0, 0.1) is 11.8 Å². The van der Waals surface area contributed by atoms with E-state index in [1.54, 1.807) is 58.0 Å². The first-order valence-corrected chi connectivity index (χ1v) is 20.9. The summed E-state index contributed by atoms with van der Waals surface area (Å²) in [6.45, 7) is 6.07. The summed E-state index contributed by atoms with van der Waals surface area (Å²) in [7, 11) is 0. The quantitative estimate of drug-likeness (QED) is 0.0162. The summed E-state index contributed by atoms with van der Waals surface area (Å²) in [4.78, 5) is 109. The van der Waals surface area contributed by atoms with Gasteiger partial charge in [0, 0.05) is 18.7 Å². The zero-order valence-electron chi connectivity index (χ0n) is 36.1. The SMILES string of the molecule is CC(C)C[C@H](NC(=O)[C@H](CO)NC(=O)[C@H](CS)NC(=O)[C@@H](NC(=O)[C@H](CO)NC(=O)[C@H](CCCN=C(N)N)NC(=O)[C@@H](N)[C@@H](C)O)C(C)C)C(=O)N[C@@H](Cc1ccccc1)C(=O)O. The lowest BCUT2D eigenvalue weighted by molar-refractivity contribution is -0.142. The van der Waals surface area contributed by atoms with Gasteiger partial charge < -0.3 is 74.8 Å². The number of carboxylic acid groups (broad SMARTS) is 1. The lowest BCUT2D eigenvalue weighted by Crippen LogP contribution is -2.62. The van der Waals surface area contributed by atoms with Gasteiger partial charge in [-0.2, -0.15) is 12.6 Å². The maximum Gasteiger partial charge on any atom is 0.326 e. The average molecular weight is 912 g/mol. The van der Waals surface area contributed by atoms with Crippen molar-refractivity contribution in [2.75, 3.05) is 25.5 Å². The predicted molar refractivity (Wildman–Crippen MR) is 233 cm³/mol. The Bertz CT molecular complexity index is 1720. The molecule has 0 aliphatic heterocycles. The van der Waals surface area contributed by atoms with Crippen LogP contribution in [-0.2, 0) is 44.8 Å². The van der Waals surface area contributed by atoms with Gasteiger partial charge in [-0.15, -0.1) is 0 Å². The van der Waals surface area contributed by atoms with E-state index in [0.29, 0.717) is 5.56 Å². The summed E-state index contributed by atoms with van der Waals surface area (Å²) in [6.07, 6.45) is -1.12. The number of hydrogen-bond acceptors (Lipinski definition) is 14. The van der Waals surface area contributed by atoms with Crippen LogP contribution in [0.1, 0.15) is 59.4 Å². The van der Waals surface area contributed by atoms with Crippen LogP contribution in [0.4, 0.5) is 0 Å². The number of nitrogens with two attached hydrogens (primary N) is 3. The topological polar surface area (TPSA) is 392 Å². The molecule has 9 atom stereocenters. The van der Waals surface area contributed by atoms with Crippen LogP contribution < -0.4 is 54.4 Å². The standard InChI is InChI=1S/C39H65N11O12S/c1-19(2)14-24(32(55)46-25(38(61)62)15-22-10-7-6-8-11-22)45-33(56)26(16-51)48-35(58)28(18-63)49-37(60)30(20(3)4)50-34(57)27(17-52)47-31(54)23(12-9-13-43-39(41)42)44-36(59)29(40)21(5)53/h6-8,10-11,19-21,23-30,51-53,63H,9,12-18,40H2,1-5H3,(H,44,59)(H,45,56)(H,46,55)(H,47,54)(H,48,58)(H,49,60)(H,50,57)(H,61,62)(H4,41,42,43)/t21-,23+,24+,25+,26+,27+,28+,29+,30+/m1/s1. The minimum Gasteiger partial charge on any atom is -0.480 e. The maximum atomic E-state index is 13.5. The highest BCUT2D eigenvalue weighted by molar-refractivity contribution is 7.80. The lowest BCUT2D eigenvalue weighted by Gasteiger charge is -2.28. The van der Waals surface area contributed by atoms with E-state index in [0.717, 1.165) is 0 Å².